The number of H-pyrrole nitrogens is 1. The number of hydrogen-bond acceptors (Lipinski definition) is 4. The average molecular weight is 363 g/mol. The first kappa shape index (κ1) is 17.7. The molecule has 0 atom stereocenters. The van der Waals surface area contributed by atoms with Crippen molar-refractivity contribution in [3.8, 4) is 5.75 Å². The van der Waals surface area contributed by atoms with Crippen LogP contribution in [0.2, 0.25) is 0 Å². The molecule has 1 aromatic carbocycles. The number of nitrogens with zero attached hydrogens (tertiary/aromatic N) is 2. The van der Waals surface area contributed by atoms with E-state index in [0.29, 0.717) is 19.1 Å². The summed E-state index contributed by atoms with van der Waals surface area (Å²) in [6.07, 6.45) is 5.97. The van der Waals surface area contributed by atoms with E-state index in [0.717, 1.165) is 48.1 Å². The Balaban J connectivity index is 1.47. The van der Waals surface area contributed by atoms with Crippen LogP contribution in [0.1, 0.15) is 36.8 Å². The first-order chi connectivity index (χ1) is 13.2. The molecule has 5 heteroatoms. The van der Waals surface area contributed by atoms with E-state index in [2.05, 4.69) is 27.0 Å². The summed E-state index contributed by atoms with van der Waals surface area (Å²) in [5, 5.41) is 1.02. The maximum absolute atomic E-state index is 12.5. The number of likely N-dealkylation sites (tertiary alicyclic amines) is 1. The number of ether oxygens (including phenoxy) is 1. The van der Waals surface area contributed by atoms with E-state index in [1.54, 1.807) is 0 Å². The van der Waals surface area contributed by atoms with E-state index in [1.807, 2.05) is 43.6 Å². The van der Waals surface area contributed by atoms with Gasteiger partial charge >= 0.3 is 0 Å². The Hall–Kier alpha value is -2.66. The normalized spacial score (nSPS) is 15.9. The molecular formula is C22H25N3O2. The highest BCUT2D eigenvalue weighted by Crippen LogP contribution is 2.28. The number of aromatic amines is 1. The molecule has 1 N–H and O–H groups in total. The summed E-state index contributed by atoms with van der Waals surface area (Å²) in [5.41, 5.74) is 3.04. The number of nitrogens with one attached hydrogen (secondary N) is 1. The molecule has 140 valence electrons. The second-order valence-electron chi connectivity index (χ2n) is 7.14. The summed E-state index contributed by atoms with van der Waals surface area (Å²) in [5.74, 6) is 1.43. The summed E-state index contributed by atoms with van der Waals surface area (Å²) in [7, 11) is 0. The van der Waals surface area contributed by atoms with Crippen LogP contribution < -0.4 is 10.3 Å². The predicted molar refractivity (Wildman–Crippen MR) is 107 cm³/mol. The zero-order valence-corrected chi connectivity index (χ0v) is 15.6. The summed E-state index contributed by atoms with van der Waals surface area (Å²) < 4.78 is 5.58. The summed E-state index contributed by atoms with van der Waals surface area (Å²) >= 11 is 0. The van der Waals surface area contributed by atoms with Gasteiger partial charge in [-0.1, -0.05) is 0 Å². The fraction of sp³-hybridized carbons (Fsp3) is 0.364. The lowest BCUT2D eigenvalue weighted by molar-refractivity contribution is 0.204. The smallest absolute Gasteiger partial charge is 0.252 e. The van der Waals surface area contributed by atoms with Crippen LogP contribution in [-0.2, 0) is 6.54 Å². The lowest BCUT2D eigenvalue weighted by Gasteiger charge is -2.32. The van der Waals surface area contributed by atoms with Crippen molar-refractivity contribution in [2.45, 2.75) is 32.2 Å². The molecule has 0 spiro atoms. The van der Waals surface area contributed by atoms with Crippen molar-refractivity contribution < 1.29 is 4.74 Å². The van der Waals surface area contributed by atoms with E-state index in [4.69, 9.17) is 4.74 Å². The summed E-state index contributed by atoms with van der Waals surface area (Å²) in [6, 6.07) is 12.0. The highest BCUT2D eigenvalue weighted by atomic mass is 16.5. The van der Waals surface area contributed by atoms with Crippen LogP contribution in [-0.4, -0.2) is 34.6 Å². The number of hydrogen-bond donors (Lipinski definition) is 1. The molecule has 2 aromatic heterocycles. The third kappa shape index (κ3) is 4.03. The van der Waals surface area contributed by atoms with E-state index < -0.39 is 0 Å². The molecule has 0 unspecified atom stereocenters. The molecule has 1 fully saturated rings. The van der Waals surface area contributed by atoms with Crippen molar-refractivity contribution in [1.82, 2.24) is 14.9 Å². The van der Waals surface area contributed by atoms with Crippen molar-refractivity contribution in [2.75, 3.05) is 19.7 Å². The van der Waals surface area contributed by atoms with Crippen molar-refractivity contribution in [3.05, 3.63) is 70.3 Å². The molecule has 3 aromatic rings. The average Bonchev–Trinajstić information content (AvgIpc) is 2.70. The van der Waals surface area contributed by atoms with Gasteiger partial charge in [0.1, 0.15) is 5.75 Å². The lowest BCUT2D eigenvalue weighted by atomic mass is 9.90. The predicted octanol–water partition coefficient (Wildman–Crippen LogP) is 3.70. The standard InChI is InChI=1S/C22H25N3O2/c1-2-27-20-3-4-21-18(14-20)13-19(22(26)24-21)15-25-11-7-17(8-12-25)16-5-9-23-10-6-16/h3-6,9-10,13-14,17H,2,7-8,11-12,15H2,1H3,(H,24,26). The van der Waals surface area contributed by atoms with Gasteiger partial charge in [0, 0.05) is 35.4 Å². The Labute approximate surface area is 159 Å². The van der Waals surface area contributed by atoms with Gasteiger partial charge in [0.05, 0.1) is 6.61 Å². The van der Waals surface area contributed by atoms with Crippen LogP contribution in [0.25, 0.3) is 10.9 Å². The van der Waals surface area contributed by atoms with Gasteiger partial charge in [0.2, 0.25) is 0 Å². The molecule has 1 aliphatic heterocycles. The first-order valence-corrected chi connectivity index (χ1v) is 9.64. The molecule has 0 saturated carbocycles. The Morgan fingerprint density at radius 1 is 1.15 bits per heavy atom. The van der Waals surface area contributed by atoms with Gasteiger partial charge in [-0.05, 0) is 80.7 Å². The third-order valence-corrected chi connectivity index (χ3v) is 5.36. The van der Waals surface area contributed by atoms with Crippen molar-refractivity contribution in [1.29, 1.82) is 0 Å². The molecule has 0 bridgehead atoms. The third-order valence-electron chi connectivity index (χ3n) is 5.36. The van der Waals surface area contributed by atoms with Gasteiger partial charge < -0.3 is 9.72 Å². The van der Waals surface area contributed by atoms with E-state index in [1.165, 1.54) is 5.56 Å². The molecular weight excluding hydrogens is 338 g/mol. The number of fused-ring (bicyclic) bond motifs is 1. The molecule has 27 heavy (non-hydrogen) atoms. The van der Waals surface area contributed by atoms with Crippen LogP contribution in [0.4, 0.5) is 0 Å². The van der Waals surface area contributed by atoms with Gasteiger partial charge in [-0.25, -0.2) is 0 Å². The SMILES string of the molecule is CCOc1ccc2[nH]c(=O)c(CN3CCC(c4ccncc4)CC3)cc2c1. The number of piperidine rings is 1. The maximum atomic E-state index is 12.5. The second-order valence-corrected chi connectivity index (χ2v) is 7.14. The molecule has 1 saturated heterocycles. The molecule has 4 rings (SSSR count). The molecule has 5 nitrogen and oxygen atoms in total. The van der Waals surface area contributed by atoms with E-state index in [9.17, 15) is 4.79 Å². The zero-order chi connectivity index (χ0) is 18.6. The number of aromatic nitrogens is 2. The topological polar surface area (TPSA) is 58.2 Å². The Morgan fingerprint density at radius 3 is 2.67 bits per heavy atom. The lowest BCUT2D eigenvalue weighted by Crippen LogP contribution is -2.34. The minimum absolute atomic E-state index is 0.00270. The number of rotatable bonds is 5. The molecule has 3 heterocycles. The Bertz CT molecular complexity index is 960. The van der Waals surface area contributed by atoms with Gasteiger partial charge in [0.15, 0.2) is 0 Å². The van der Waals surface area contributed by atoms with Crippen LogP contribution in [0.15, 0.2) is 53.6 Å². The van der Waals surface area contributed by atoms with Crippen LogP contribution in [0, 0.1) is 0 Å². The molecule has 0 amide bonds. The molecule has 0 radical (unpaired) electrons. The highest BCUT2D eigenvalue weighted by Gasteiger charge is 2.21. The quantitative estimate of drug-likeness (QED) is 0.751. The van der Waals surface area contributed by atoms with Crippen LogP contribution >= 0.6 is 0 Å². The molecule has 1 aliphatic rings. The zero-order valence-electron chi connectivity index (χ0n) is 15.6. The van der Waals surface area contributed by atoms with Crippen molar-refractivity contribution >= 4 is 10.9 Å². The van der Waals surface area contributed by atoms with E-state index >= 15 is 0 Å². The van der Waals surface area contributed by atoms with Crippen LogP contribution in [0.5, 0.6) is 5.75 Å². The fourth-order valence-corrected chi connectivity index (χ4v) is 3.90. The summed E-state index contributed by atoms with van der Waals surface area (Å²) in [4.78, 5) is 22.0. The van der Waals surface area contributed by atoms with Gasteiger partial charge in [-0.15, -0.1) is 0 Å². The Morgan fingerprint density at radius 2 is 1.93 bits per heavy atom. The largest absolute Gasteiger partial charge is 0.494 e. The second kappa shape index (κ2) is 7.92. The fourth-order valence-electron chi connectivity index (χ4n) is 3.90. The van der Waals surface area contributed by atoms with E-state index in [-0.39, 0.29) is 5.56 Å². The summed E-state index contributed by atoms with van der Waals surface area (Å²) in [6.45, 7) is 5.30. The number of benzene rings is 1. The maximum Gasteiger partial charge on any atom is 0.252 e. The Kier molecular flexibility index (Phi) is 5.21. The number of pyridine rings is 2. The van der Waals surface area contributed by atoms with Crippen LogP contribution in [0.3, 0.4) is 0 Å². The van der Waals surface area contributed by atoms with Gasteiger partial charge in [-0.2, -0.15) is 0 Å². The van der Waals surface area contributed by atoms with Gasteiger partial charge in [-0.3, -0.25) is 14.7 Å². The minimum atomic E-state index is 0.00270. The highest BCUT2D eigenvalue weighted by molar-refractivity contribution is 5.80. The first-order valence-electron chi connectivity index (χ1n) is 9.64. The molecule has 0 aliphatic carbocycles. The van der Waals surface area contributed by atoms with Gasteiger partial charge in [0.25, 0.3) is 5.56 Å². The van der Waals surface area contributed by atoms with Crippen molar-refractivity contribution in [3.63, 3.8) is 0 Å². The monoisotopic (exact) mass is 363 g/mol. The minimum Gasteiger partial charge on any atom is -0.494 e. The van der Waals surface area contributed by atoms with Crippen molar-refractivity contribution in [2.24, 2.45) is 0 Å².